The smallest absolute Gasteiger partial charge is 0.345 e. The van der Waals surface area contributed by atoms with E-state index in [1.165, 1.54) is 7.11 Å². The third kappa shape index (κ3) is 3.82. The molecule has 0 aromatic heterocycles. The van der Waals surface area contributed by atoms with Crippen LogP contribution < -0.4 is 15.9 Å². The first-order valence-electron chi connectivity index (χ1n) is 11.2. The summed E-state index contributed by atoms with van der Waals surface area (Å²) >= 11 is 0. The molecule has 35 heavy (non-hydrogen) atoms. The standard InChI is InChI=1S/C30H23O4P/c1-33-29(31)26-27(22-14-6-2-7-15-22)34-30(32)28(26)35(23-16-8-3-9-17-23,24-18-10-4-11-19-24)25-20-12-5-13-21-25/h2-21H,1H3. The van der Waals surface area contributed by atoms with Crippen LogP contribution in [0, 0.1) is 0 Å². The molecule has 0 bridgehead atoms. The largest absolute Gasteiger partial charge is 0.465 e. The van der Waals surface area contributed by atoms with Crippen LogP contribution in [0.4, 0.5) is 0 Å². The number of hydrogen-bond donors (Lipinski definition) is 0. The molecule has 0 fully saturated rings. The topological polar surface area (TPSA) is 52.6 Å². The summed E-state index contributed by atoms with van der Waals surface area (Å²) in [6, 6.07) is 38.9. The molecule has 0 unspecified atom stereocenters. The van der Waals surface area contributed by atoms with E-state index in [1.807, 2.05) is 121 Å². The van der Waals surface area contributed by atoms with E-state index in [0.717, 1.165) is 15.9 Å². The highest BCUT2D eigenvalue weighted by Crippen LogP contribution is 2.50. The molecule has 1 heterocycles. The van der Waals surface area contributed by atoms with E-state index >= 15 is 0 Å². The van der Waals surface area contributed by atoms with Crippen LogP contribution in [0.2, 0.25) is 0 Å². The molecular formula is C30H23O4P. The van der Waals surface area contributed by atoms with Crippen LogP contribution in [0.5, 0.6) is 0 Å². The van der Waals surface area contributed by atoms with Crippen LogP contribution in [0.15, 0.2) is 127 Å². The van der Waals surface area contributed by atoms with Gasteiger partial charge in [-0.05, 0) is 22.8 Å². The minimum Gasteiger partial charge on any atom is -0.465 e. The zero-order chi connectivity index (χ0) is 24.3. The van der Waals surface area contributed by atoms with Crippen LogP contribution in [0.25, 0.3) is 5.76 Å². The Morgan fingerprint density at radius 3 is 1.46 bits per heavy atom. The molecule has 1 aliphatic heterocycles. The van der Waals surface area contributed by atoms with Crippen molar-refractivity contribution in [3.8, 4) is 0 Å². The van der Waals surface area contributed by atoms with E-state index in [0.29, 0.717) is 10.9 Å². The van der Waals surface area contributed by atoms with Crippen molar-refractivity contribution in [3.63, 3.8) is 0 Å². The molecule has 1 aliphatic rings. The Hall–Kier alpha value is -4.14. The molecule has 4 nitrogen and oxygen atoms in total. The summed E-state index contributed by atoms with van der Waals surface area (Å²) in [4.78, 5) is 27.3. The molecule has 0 aliphatic carbocycles. The number of ether oxygens (including phenoxy) is 2. The normalized spacial score (nSPS) is 13.5. The van der Waals surface area contributed by atoms with Crippen LogP contribution in [0.3, 0.4) is 0 Å². The number of cyclic esters (lactones) is 1. The summed E-state index contributed by atoms with van der Waals surface area (Å²) in [5, 5.41) is 3.17. The van der Waals surface area contributed by atoms with Crippen molar-refractivity contribution in [1.82, 2.24) is 0 Å². The minimum atomic E-state index is -2.85. The summed E-state index contributed by atoms with van der Waals surface area (Å²) in [6.07, 6.45) is 0. The molecule has 0 N–H and O–H groups in total. The molecule has 0 radical (unpaired) electrons. The highest BCUT2D eigenvalue weighted by molar-refractivity contribution is 7.97. The molecule has 5 heteroatoms. The highest BCUT2D eigenvalue weighted by Gasteiger charge is 2.44. The summed E-state index contributed by atoms with van der Waals surface area (Å²) < 4.78 is 11.1. The van der Waals surface area contributed by atoms with Crippen molar-refractivity contribution < 1.29 is 19.1 Å². The predicted molar refractivity (Wildman–Crippen MR) is 142 cm³/mol. The Bertz CT molecular complexity index is 1350. The molecule has 4 aromatic rings. The third-order valence-corrected chi connectivity index (χ3v) is 10.3. The Morgan fingerprint density at radius 2 is 1.06 bits per heavy atom. The fourth-order valence-corrected chi connectivity index (χ4v) is 8.95. The Balaban J connectivity index is 2.05. The lowest BCUT2D eigenvalue weighted by Gasteiger charge is -2.30. The first-order chi connectivity index (χ1) is 17.2. The number of carbonyl (C=O) groups is 2. The quantitative estimate of drug-likeness (QED) is 0.317. The molecule has 0 atom stereocenters. The van der Waals surface area contributed by atoms with Crippen molar-refractivity contribution >= 4 is 45.8 Å². The zero-order valence-corrected chi connectivity index (χ0v) is 20.0. The second-order valence-corrected chi connectivity index (χ2v) is 11.3. The maximum absolute atomic E-state index is 13.9. The average molecular weight is 478 g/mol. The molecule has 4 aromatic carbocycles. The van der Waals surface area contributed by atoms with E-state index in [4.69, 9.17) is 9.47 Å². The van der Waals surface area contributed by atoms with Crippen molar-refractivity contribution in [2.45, 2.75) is 0 Å². The lowest BCUT2D eigenvalue weighted by Crippen LogP contribution is -2.34. The monoisotopic (exact) mass is 478 g/mol. The van der Waals surface area contributed by atoms with Gasteiger partial charge in [-0.2, -0.15) is 0 Å². The molecule has 172 valence electrons. The van der Waals surface area contributed by atoms with Crippen molar-refractivity contribution in [1.29, 1.82) is 0 Å². The fourth-order valence-electron chi connectivity index (χ4n) is 4.58. The molecule has 0 spiro atoms. The molecule has 0 saturated carbocycles. The summed E-state index contributed by atoms with van der Waals surface area (Å²) in [5.41, 5.74) is 0.817. The molecular weight excluding hydrogens is 455 g/mol. The van der Waals surface area contributed by atoms with Crippen LogP contribution in [-0.2, 0) is 19.1 Å². The Kier molecular flexibility index (Phi) is 6.22. The van der Waals surface area contributed by atoms with Gasteiger partial charge in [-0.1, -0.05) is 121 Å². The van der Waals surface area contributed by atoms with E-state index < -0.39 is 18.8 Å². The van der Waals surface area contributed by atoms with Gasteiger partial charge in [0.25, 0.3) is 0 Å². The minimum absolute atomic E-state index is 0.175. The van der Waals surface area contributed by atoms with Gasteiger partial charge in [0.05, 0.1) is 12.4 Å². The van der Waals surface area contributed by atoms with E-state index in [-0.39, 0.29) is 11.3 Å². The van der Waals surface area contributed by atoms with Gasteiger partial charge in [0.2, 0.25) is 0 Å². The predicted octanol–water partition coefficient (Wildman–Crippen LogP) is 4.29. The second-order valence-electron chi connectivity index (χ2n) is 7.98. The fraction of sp³-hybridized carbons (Fsp3) is 0.0333. The first kappa shape index (κ1) is 22.6. The second kappa shape index (κ2) is 9.61. The van der Waals surface area contributed by atoms with Crippen molar-refractivity contribution in [3.05, 3.63) is 132 Å². The van der Waals surface area contributed by atoms with Crippen molar-refractivity contribution in [2.75, 3.05) is 7.11 Å². The maximum atomic E-state index is 13.9. The van der Waals surface area contributed by atoms with Gasteiger partial charge in [-0.15, -0.1) is 0 Å². The number of benzene rings is 4. The van der Waals surface area contributed by atoms with Crippen LogP contribution in [-0.4, -0.2) is 24.3 Å². The number of hydrogen-bond acceptors (Lipinski definition) is 4. The number of methoxy groups -OCH3 is 1. The highest BCUT2D eigenvalue weighted by atomic mass is 31.2. The lowest BCUT2D eigenvalue weighted by molar-refractivity contribution is -0.135. The summed E-state index contributed by atoms with van der Waals surface area (Å²) in [7, 11) is 1.33. The molecule has 5 rings (SSSR count). The van der Waals surface area contributed by atoms with Crippen LogP contribution in [0.1, 0.15) is 5.56 Å². The van der Waals surface area contributed by atoms with E-state index in [1.54, 1.807) is 0 Å². The number of esters is 2. The summed E-state index contributed by atoms with van der Waals surface area (Å²) in [6.45, 7) is -2.85. The number of carbonyl (C=O) groups excluding carboxylic acids is 2. The summed E-state index contributed by atoms with van der Waals surface area (Å²) in [5.74, 6) is -0.907. The van der Waals surface area contributed by atoms with Crippen LogP contribution >= 0.6 is 6.89 Å². The van der Waals surface area contributed by atoms with E-state index in [9.17, 15) is 9.59 Å². The van der Waals surface area contributed by atoms with Gasteiger partial charge >= 0.3 is 11.9 Å². The third-order valence-electron chi connectivity index (χ3n) is 6.04. The first-order valence-corrected chi connectivity index (χ1v) is 13.0. The number of rotatable bonds is 5. The SMILES string of the molecule is COC(=O)C1=C(c2ccccc2)OC(=O)C1=P(c1ccccc1)(c1ccccc1)c1ccccc1. The maximum Gasteiger partial charge on any atom is 0.345 e. The van der Waals surface area contributed by atoms with Crippen molar-refractivity contribution in [2.24, 2.45) is 0 Å². The van der Waals surface area contributed by atoms with Gasteiger partial charge in [-0.3, -0.25) is 0 Å². The van der Waals surface area contributed by atoms with E-state index in [2.05, 4.69) is 0 Å². The zero-order valence-electron chi connectivity index (χ0n) is 19.1. The van der Waals surface area contributed by atoms with Gasteiger partial charge < -0.3 is 9.47 Å². The van der Waals surface area contributed by atoms with Gasteiger partial charge in [-0.25, -0.2) is 9.59 Å². The van der Waals surface area contributed by atoms with Gasteiger partial charge in [0.1, 0.15) is 5.57 Å². The molecule has 0 saturated heterocycles. The lowest BCUT2D eigenvalue weighted by atomic mass is 10.1. The van der Waals surface area contributed by atoms with Gasteiger partial charge in [0.15, 0.2) is 5.76 Å². The average Bonchev–Trinajstić information content (AvgIpc) is 3.28. The van der Waals surface area contributed by atoms with Gasteiger partial charge in [0, 0.05) is 5.56 Å². The molecule has 0 amide bonds. The Labute approximate surface area is 204 Å². The Morgan fingerprint density at radius 1 is 0.657 bits per heavy atom.